The van der Waals surface area contributed by atoms with E-state index in [-0.39, 0.29) is 5.78 Å². The van der Waals surface area contributed by atoms with Crippen molar-refractivity contribution in [2.45, 2.75) is 39.5 Å². The summed E-state index contributed by atoms with van der Waals surface area (Å²) in [6.07, 6.45) is 9.19. The second kappa shape index (κ2) is 7.53. The average Bonchev–Trinajstić information content (AvgIpc) is 3.38. The molecular weight excluding hydrogens is 354 g/mol. The SMILES string of the molecule is CCCC(=O)c1cc2[nH]c(-c3ccc(-n4ccnc4)cc3CCC)cc2s1. The minimum absolute atomic E-state index is 0.241. The molecule has 0 spiro atoms. The van der Waals surface area contributed by atoms with Crippen LogP contribution in [0.2, 0.25) is 0 Å². The van der Waals surface area contributed by atoms with E-state index in [4.69, 9.17) is 0 Å². The van der Waals surface area contributed by atoms with E-state index >= 15 is 0 Å². The van der Waals surface area contributed by atoms with E-state index in [1.54, 1.807) is 17.5 Å². The molecule has 0 aliphatic heterocycles. The van der Waals surface area contributed by atoms with Crippen LogP contribution in [-0.2, 0) is 6.42 Å². The Morgan fingerprint density at radius 2 is 2.07 bits per heavy atom. The van der Waals surface area contributed by atoms with Crippen LogP contribution in [0.5, 0.6) is 0 Å². The van der Waals surface area contributed by atoms with E-state index in [1.165, 1.54) is 11.1 Å². The molecule has 0 radical (unpaired) electrons. The second-order valence-electron chi connectivity index (χ2n) is 6.81. The van der Waals surface area contributed by atoms with Crippen molar-refractivity contribution in [1.29, 1.82) is 0 Å². The summed E-state index contributed by atoms with van der Waals surface area (Å²) in [6, 6.07) is 10.7. The number of carbonyl (C=O) groups is 1. The van der Waals surface area contributed by atoms with Gasteiger partial charge < -0.3 is 9.55 Å². The number of ketones is 1. The number of benzene rings is 1. The maximum Gasteiger partial charge on any atom is 0.172 e. The molecular formula is C22H23N3OS. The first kappa shape index (κ1) is 17.7. The molecule has 0 bridgehead atoms. The number of H-pyrrole nitrogens is 1. The molecule has 27 heavy (non-hydrogen) atoms. The number of aromatic amines is 1. The monoisotopic (exact) mass is 377 g/mol. The summed E-state index contributed by atoms with van der Waals surface area (Å²) in [4.78, 5) is 20.7. The summed E-state index contributed by atoms with van der Waals surface area (Å²) in [6.45, 7) is 4.24. The van der Waals surface area contributed by atoms with Gasteiger partial charge in [0.25, 0.3) is 0 Å². The first-order valence-corrected chi connectivity index (χ1v) is 10.3. The maximum atomic E-state index is 12.1. The minimum atomic E-state index is 0.241. The predicted molar refractivity (Wildman–Crippen MR) is 112 cm³/mol. The third kappa shape index (κ3) is 3.47. The zero-order chi connectivity index (χ0) is 18.8. The van der Waals surface area contributed by atoms with Crippen molar-refractivity contribution < 1.29 is 4.79 Å². The lowest BCUT2D eigenvalue weighted by atomic mass is 10.00. The van der Waals surface area contributed by atoms with Crippen molar-refractivity contribution in [3.05, 3.63) is 59.5 Å². The normalized spacial score (nSPS) is 11.3. The molecule has 0 aliphatic rings. The lowest BCUT2D eigenvalue weighted by molar-refractivity contribution is 0.0985. The number of nitrogens with zero attached hydrogens (tertiary/aromatic N) is 2. The van der Waals surface area contributed by atoms with Crippen LogP contribution in [0.15, 0.2) is 49.1 Å². The number of imidazole rings is 1. The van der Waals surface area contributed by atoms with Crippen molar-refractivity contribution in [1.82, 2.24) is 14.5 Å². The molecule has 4 aromatic rings. The van der Waals surface area contributed by atoms with E-state index in [0.717, 1.165) is 45.7 Å². The first-order valence-electron chi connectivity index (χ1n) is 9.47. The fourth-order valence-corrected chi connectivity index (χ4v) is 4.47. The number of aromatic nitrogens is 3. The molecule has 5 heteroatoms. The number of Topliss-reactive ketones (excluding diaryl/α,β-unsaturated/α-hetero) is 1. The van der Waals surface area contributed by atoms with Gasteiger partial charge in [-0.05, 0) is 42.7 Å². The summed E-state index contributed by atoms with van der Waals surface area (Å²) in [5.41, 5.74) is 5.84. The number of fused-ring (bicyclic) bond motifs is 1. The first-order chi connectivity index (χ1) is 13.2. The van der Waals surface area contributed by atoms with Gasteiger partial charge in [-0.3, -0.25) is 4.79 Å². The van der Waals surface area contributed by atoms with Crippen molar-refractivity contribution in [2.75, 3.05) is 0 Å². The second-order valence-corrected chi connectivity index (χ2v) is 7.89. The standard InChI is InChI=1S/C22H23N3OS/c1-3-5-15-11-16(25-10-9-23-14-25)7-8-17(15)18-12-21-19(24-18)13-22(27-21)20(26)6-4-2/h7-14,24H,3-6H2,1-2H3. The van der Waals surface area contributed by atoms with E-state index in [1.807, 2.05) is 30.1 Å². The average molecular weight is 378 g/mol. The molecule has 0 unspecified atom stereocenters. The van der Waals surface area contributed by atoms with Crippen LogP contribution < -0.4 is 0 Å². The van der Waals surface area contributed by atoms with Crippen molar-refractivity contribution >= 4 is 27.3 Å². The fourth-order valence-electron chi connectivity index (χ4n) is 3.45. The van der Waals surface area contributed by atoms with Crippen LogP contribution in [0.1, 0.15) is 48.3 Å². The number of rotatable bonds is 7. The van der Waals surface area contributed by atoms with Gasteiger partial charge in [0, 0.05) is 35.8 Å². The predicted octanol–water partition coefficient (Wildman–Crippen LogP) is 6.02. The highest BCUT2D eigenvalue weighted by Crippen LogP contribution is 2.33. The third-order valence-corrected chi connectivity index (χ3v) is 5.88. The largest absolute Gasteiger partial charge is 0.354 e. The molecule has 1 N–H and O–H groups in total. The number of hydrogen-bond acceptors (Lipinski definition) is 3. The third-order valence-electron chi connectivity index (χ3n) is 4.76. The summed E-state index contributed by atoms with van der Waals surface area (Å²) < 4.78 is 3.17. The van der Waals surface area contributed by atoms with E-state index in [2.05, 4.69) is 41.2 Å². The summed E-state index contributed by atoms with van der Waals surface area (Å²) in [5, 5.41) is 0. The van der Waals surface area contributed by atoms with Gasteiger partial charge >= 0.3 is 0 Å². The number of thiophene rings is 1. The lowest BCUT2D eigenvalue weighted by Crippen LogP contribution is -1.96. The Morgan fingerprint density at radius 3 is 2.78 bits per heavy atom. The Labute approximate surface area is 162 Å². The minimum Gasteiger partial charge on any atom is -0.354 e. The van der Waals surface area contributed by atoms with E-state index < -0.39 is 0 Å². The molecule has 1 aromatic carbocycles. The molecule has 0 saturated heterocycles. The molecule has 138 valence electrons. The van der Waals surface area contributed by atoms with Gasteiger partial charge in [0.2, 0.25) is 0 Å². The quantitative estimate of drug-likeness (QED) is 0.401. The van der Waals surface area contributed by atoms with Gasteiger partial charge in [0.1, 0.15) is 0 Å². The molecule has 3 heterocycles. The smallest absolute Gasteiger partial charge is 0.172 e. The highest BCUT2D eigenvalue weighted by molar-refractivity contribution is 7.20. The zero-order valence-electron chi connectivity index (χ0n) is 15.7. The molecule has 0 fully saturated rings. The van der Waals surface area contributed by atoms with Crippen LogP contribution in [0.25, 0.3) is 27.2 Å². The Balaban J connectivity index is 1.71. The van der Waals surface area contributed by atoms with Crippen LogP contribution in [0.3, 0.4) is 0 Å². The number of hydrogen-bond donors (Lipinski definition) is 1. The lowest BCUT2D eigenvalue weighted by Gasteiger charge is -2.11. The maximum absolute atomic E-state index is 12.1. The van der Waals surface area contributed by atoms with Crippen LogP contribution in [0, 0.1) is 0 Å². The van der Waals surface area contributed by atoms with Crippen molar-refractivity contribution in [3.63, 3.8) is 0 Å². The Kier molecular flexibility index (Phi) is 4.94. The Bertz CT molecular complexity index is 1040. The molecule has 0 amide bonds. The molecule has 4 rings (SSSR count). The summed E-state index contributed by atoms with van der Waals surface area (Å²) in [7, 11) is 0. The van der Waals surface area contributed by atoms with Gasteiger partial charge in [-0.15, -0.1) is 11.3 Å². The van der Waals surface area contributed by atoms with Gasteiger partial charge in [-0.1, -0.05) is 26.3 Å². The zero-order valence-corrected chi connectivity index (χ0v) is 16.5. The Morgan fingerprint density at radius 1 is 1.19 bits per heavy atom. The number of nitrogens with one attached hydrogen (secondary N) is 1. The fraction of sp³-hybridized carbons (Fsp3) is 0.273. The highest BCUT2D eigenvalue weighted by Gasteiger charge is 2.14. The number of aryl methyl sites for hydroxylation is 1. The van der Waals surface area contributed by atoms with Crippen LogP contribution in [0.4, 0.5) is 0 Å². The molecule has 0 saturated carbocycles. The summed E-state index contributed by atoms with van der Waals surface area (Å²) in [5.74, 6) is 0.241. The topological polar surface area (TPSA) is 50.7 Å². The van der Waals surface area contributed by atoms with Gasteiger partial charge in [0.05, 0.1) is 21.4 Å². The van der Waals surface area contributed by atoms with Gasteiger partial charge in [0.15, 0.2) is 5.78 Å². The molecule has 4 nitrogen and oxygen atoms in total. The van der Waals surface area contributed by atoms with Crippen molar-refractivity contribution in [2.24, 2.45) is 0 Å². The van der Waals surface area contributed by atoms with Crippen LogP contribution in [-0.4, -0.2) is 20.3 Å². The highest BCUT2D eigenvalue weighted by atomic mass is 32.1. The van der Waals surface area contributed by atoms with Gasteiger partial charge in [-0.25, -0.2) is 4.98 Å². The summed E-state index contributed by atoms with van der Waals surface area (Å²) >= 11 is 1.59. The van der Waals surface area contributed by atoms with E-state index in [0.29, 0.717) is 6.42 Å². The van der Waals surface area contributed by atoms with Crippen molar-refractivity contribution in [3.8, 4) is 16.9 Å². The Hall–Kier alpha value is -2.66. The van der Waals surface area contributed by atoms with E-state index in [9.17, 15) is 4.79 Å². The van der Waals surface area contributed by atoms with Crippen LogP contribution >= 0.6 is 11.3 Å². The molecule has 3 aromatic heterocycles. The molecule has 0 atom stereocenters. The molecule has 0 aliphatic carbocycles. The number of carbonyl (C=O) groups excluding carboxylic acids is 1. The van der Waals surface area contributed by atoms with Gasteiger partial charge in [-0.2, -0.15) is 0 Å².